The molecule has 1 aliphatic heterocycles. The molecule has 35 heavy (non-hydrogen) atoms. The van der Waals surface area contributed by atoms with Gasteiger partial charge in [-0.05, 0) is 49.1 Å². The van der Waals surface area contributed by atoms with Crippen LogP contribution in [0.25, 0.3) is 11.0 Å². The first kappa shape index (κ1) is 24.7. The molecule has 1 aliphatic rings. The smallest absolute Gasteiger partial charge is 0.349 e. The second-order valence-corrected chi connectivity index (χ2v) is 9.68. The first-order valence-electron chi connectivity index (χ1n) is 12.2. The number of piperazine rings is 1. The number of aryl methyl sites for hydroxylation is 1. The lowest BCUT2D eigenvalue weighted by molar-refractivity contribution is 0.0710. The number of hydrogen-bond donors (Lipinski definition) is 0. The summed E-state index contributed by atoms with van der Waals surface area (Å²) in [5, 5.41) is 9.41. The molecule has 3 heterocycles. The molecule has 0 spiro atoms. The maximum absolute atomic E-state index is 12.7. The Balaban J connectivity index is 1.74. The van der Waals surface area contributed by atoms with Gasteiger partial charge in [-0.2, -0.15) is 10.2 Å². The molecule has 3 aromatic rings. The van der Waals surface area contributed by atoms with Crippen molar-refractivity contribution in [3.63, 3.8) is 0 Å². The van der Waals surface area contributed by atoms with Crippen molar-refractivity contribution in [2.45, 2.75) is 52.2 Å². The van der Waals surface area contributed by atoms with Gasteiger partial charge in [-0.1, -0.05) is 32.9 Å². The van der Waals surface area contributed by atoms with Crippen LogP contribution in [0.15, 0.2) is 41.2 Å². The molecular formula is C27H34N6O2. The molecule has 0 bridgehead atoms. The van der Waals surface area contributed by atoms with Crippen LogP contribution in [0.4, 0.5) is 5.82 Å². The standard InChI is InChI=1S/C27H34N6O2/c1-7-21-16-32(26-24-23(31(5)27(34)30-26)13-10-20(14-28)29-24)18(4)15-33(21)25(17(2)3)19-8-11-22(35-6)12-9-19/h8-13,17-18,21,25H,7,15-16H2,1-6H3/t18-,21+,25?/m0/s1. The highest BCUT2D eigenvalue weighted by Crippen LogP contribution is 2.36. The summed E-state index contributed by atoms with van der Waals surface area (Å²) >= 11 is 0. The molecule has 0 amide bonds. The lowest BCUT2D eigenvalue weighted by Gasteiger charge is -2.50. The highest BCUT2D eigenvalue weighted by molar-refractivity contribution is 5.86. The van der Waals surface area contributed by atoms with Crippen molar-refractivity contribution < 1.29 is 4.74 Å². The van der Waals surface area contributed by atoms with Crippen LogP contribution in [0, 0.1) is 17.2 Å². The summed E-state index contributed by atoms with van der Waals surface area (Å²) < 4.78 is 6.86. The van der Waals surface area contributed by atoms with E-state index in [9.17, 15) is 10.1 Å². The van der Waals surface area contributed by atoms with Gasteiger partial charge in [0, 0.05) is 38.3 Å². The molecule has 0 aliphatic carbocycles. The molecule has 3 atom stereocenters. The summed E-state index contributed by atoms with van der Waals surface area (Å²) in [6.07, 6.45) is 0.961. The maximum atomic E-state index is 12.7. The molecule has 8 heteroatoms. The van der Waals surface area contributed by atoms with Gasteiger partial charge in [0.2, 0.25) is 0 Å². The van der Waals surface area contributed by atoms with E-state index in [-0.39, 0.29) is 23.8 Å². The molecule has 2 aromatic heterocycles. The summed E-state index contributed by atoms with van der Waals surface area (Å²) in [6.45, 7) is 10.5. The monoisotopic (exact) mass is 474 g/mol. The molecule has 1 fully saturated rings. The fourth-order valence-electron chi connectivity index (χ4n) is 5.30. The van der Waals surface area contributed by atoms with Gasteiger partial charge >= 0.3 is 5.69 Å². The van der Waals surface area contributed by atoms with Crippen LogP contribution in [-0.2, 0) is 7.05 Å². The summed E-state index contributed by atoms with van der Waals surface area (Å²) in [6, 6.07) is 14.5. The van der Waals surface area contributed by atoms with Gasteiger partial charge in [0.05, 0.1) is 12.6 Å². The number of hydrogen-bond acceptors (Lipinski definition) is 7. The largest absolute Gasteiger partial charge is 0.497 e. The fraction of sp³-hybridized carbons (Fsp3) is 0.481. The van der Waals surface area contributed by atoms with E-state index >= 15 is 0 Å². The van der Waals surface area contributed by atoms with Crippen molar-refractivity contribution in [2.75, 3.05) is 25.1 Å². The zero-order valence-electron chi connectivity index (χ0n) is 21.4. The highest BCUT2D eigenvalue weighted by Gasteiger charge is 2.38. The number of nitrogens with zero attached hydrogens (tertiary/aromatic N) is 6. The molecule has 0 saturated carbocycles. The minimum absolute atomic E-state index is 0.104. The molecule has 1 unspecified atom stereocenters. The molecule has 1 saturated heterocycles. The Morgan fingerprint density at radius 1 is 1.14 bits per heavy atom. The normalized spacial score (nSPS) is 19.7. The van der Waals surface area contributed by atoms with E-state index in [4.69, 9.17) is 4.74 Å². The quantitative estimate of drug-likeness (QED) is 0.535. The van der Waals surface area contributed by atoms with Crippen molar-refractivity contribution >= 4 is 16.9 Å². The minimum atomic E-state index is -0.319. The maximum Gasteiger partial charge on any atom is 0.349 e. The molecular weight excluding hydrogens is 440 g/mol. The number of pyridine rings is 1. The molecule has 184 valence electrons. The number of fused-ring (bicyclic) bond motifs is 1. The Kier molecular flexibility index (Phi) is 7.08. The van der Waals surface area contributed by atoms with E-state index in [1.807, 2.05) is 12.1 Å². The van der Waals surface area contributed by atoms with Gasteiger partial charge < -0.3 is 9.64 Å². The minimum Gasteiger partial charge on any atom is -0.497 e. The Morgan fingerprint density at radius 3 is 2.46 bits per heavy atom. The lowest BCUT2D eigenvalue weighted by Crippen LogP contribution is -2.59. The first-order chi connectivity index (χ1) is 16.8. The van der Waals surface area contributed by atoms with Crippen molar-refractivity contribution in [2.24, 2.45) is 13.0 Å². The molecule has 8 nitrogen and oxygen atoms in total. The second-order valence-electron chi connectivity index (χ2n) is 9.68. The van der Waals surface area contributed by atoms with Crippen LogP contribution in [0.3, 0.4) is 0 Å². The van der Waals surface area contributed by atoms with E-state index in [1.165, 1.54) is 10.1 Å². The van der Waals surface area contributed by atoms with Gasteiger partial charge in [0.1, 0.15) is 23.0 Å². The summed E-state index contributed by atoms with van der Waals surface area (Å²) in [7, 11) is 3.37. The van der Waals surface area contributed by atoms with E-state index in [2.05, 4.69) is 65.7 Å². The van der Waals surface area contributed by atoms with Gasteiger partial charge in [0.15, 0.2) is 5.82 Å². The topological polar surface area (TPSA) is 87.3 Å². The van der Waals surface area contributed by atoms with Gasteiger partial charge in [-0.3, -0.25) is 9.47 Å². The van der Waals surface area contributed by atoms with Crippen LogP contribution < -0.4 is 15.3 Å². The number of methoxy groups -OCH3 is 1. The van der Waals surface area contributed by atoms with Crippen molar-refractivity contribution in [1.82, 2.24) is 19.4 Å². The van der Waals surface area contributed by atoms with E-state index in [0.29, 0.717) is 28.5 Å². The average Bonchev–Trinajstić information content (AvgIpc) is 2.86. The Bertz CT molecular complexity index is 1290. The van der Waals surface area contributed by atoms with Crippen LogP contribution >= 0.6 is 0 Å². The lowest BCUT2D eigenvalue weighted by atomic mass is 9.90. The van der Waals surface area contributed by atoms with Crippen LogP contribution in [0.5, 0.6) is 5.75 Å². The predicted octanol–water partition coefficient (Wildman–Crippen LogP) is 3.90. The van der Waals surface area contributed by atoms with Crippen LogP contribution in [0.2, 0.25) is 0 Å². The molecule has 4 rings (SSSR count). The zero-order valence-corrected chi connectivity index (χ0v) is 21.4. The fourth-order valence-corrected chi connectivity index (χ4v) is 5.30. The molecule has 1 aromatic carbocycles. The summed E-state index contributed by atoms with van der Waals surface area (Å²) in [5.74, 6) is 1.84. The number of nitriles is 1. The SMILES string of the molecule is CC[C@@H]1CN(c2nc(=O)n(C)c3ccc(C#N)nc23)[C@@H](C)CN1C(c1ccc(OC)cc1)C(C)C. The van der Waals surface area contributed by atoms with Gasteiger partial charge in [0.25, 0.3) is 0 Å². The predicted molar refractivity (Wildman–Crippen MR) is 138 cm³/mol. The Hall–Kier alpha value is -3.44. The van der Waals surface area contributed by atoms with E-state index in [1.54, 1.807) is 26.3 Å². The third kappa shape index (κ3) is 4.61. The Labute approximate surface area is 206 Å². The van der Waals surface area contributed by atoms with Gasteiger partial charge in [-0.25, -0.2) is 9.78 Å². The summed E-state index contributed by atoms with van der Waals surface area (Å²) in [5.41, 5.74) is 2.55. The number of rotatable bonds is 6. The van der Waals surface area contributed by atoms with Gasteiger partial charge in [-0.15, -0.1) is 0 Å². The summed E-state index contributed by atoms with van der Waals surface area (Å²) in [4.78, 5) is 26.5. The third-order valence-corrected chi connectivity index (χ3v) is 7.12. The third-order valence-electron chi connectivity index (χ3n) is 7.12. The van der Waals surface area contributed by atoms with Crippen molar-refractivity contribution in [3.8, 4) is 11.8 Å². The number of benzene rings is 1. The zero-order chi connectivity index (χ0) is 25.3. The van der Waals surface area contributed by atoms with E-state index in [0.717, 1.165) is 25.3 Å². The highest BCUT2D eigenvalue weighted by atomic mass is 16.5. The van der Waals surface area contributed by atoms with Crippen LogP contribution in [0.1, 0.15) is 51.4 Å². The van der Waals surface area contributed by atoms with Crippen molar-refractivity contribution in [3.05, 3.63) is 58.1 Å². The number of aromatic nitrogens is 3. The van der Waals surface area contributed by atoms with Crippen molar-refractivity contribution in [1.29, 1.82) is 5.26 Å². The second kappa shape index (κ2) is 10.0. The average molecular weight is 475 g/mol. The van der Waals surface area contributed by atoms with E-state index < -0.39 is 0 Å². The molecule has 0 radical (unpaired) electrons. The Morgan fingerprint density at radius 2 is 1.86 bits per heavy atom. The first-order valence-corrected chi connectivity index (χ1v) is 12.2. The number of ether oxygens (including phenoxy) is 1. The van der Waals surface area contributed by atoms with Crippen LogP contribution in [-0.4, -0.2) is 51.7 Å². The number of anilines is 1. The molecule has 0 N–H and O–H groups in total.